The van der Waals surface area contributed by atoms with E-state index in [1.165, 1.54) is 0 Å². The van der Waals surface area contributed by atoms with Gasteiger partial charge in [0.25, 0.3) is 0 Å². The predicted molar refractivity (Wildman–Crippen MR) is 58.3 cm³/mol. The zero-order valence-corrected chi connectivity index (χ0v) is 9.71. The molecule has 0 aromatic carbocycles. The van der Waals surface area contributed by atoms with Crippen molar-refractivity contribution >= 4 is 5.97 Å². The van der Waals surface area contributed by atoms with Crippen molar-refractivity contribution < 1.29 is 9.90 Å². The first-order chi connectivity index (χ1) is 6.49. The molecule has 0 saturated carbocycles. The van der Waals surface area contributed by atoms with Gasteiger partial charge < -0.3 is 10.4 Å². The molecule has 0 aliphatic rings. The molecule has 0 aliphatic heterocycles. The Kier molecular flexibility index (Phi) is 6.54. The molecule has 0 fully saturated rings. The number of rotatable bonds is 7. The molecule has 0 radical (unpaired) electrons. The summed E-state index contributed by atoms with van der Waals surface area (Å²) in [4.78, 5) is 10.9. The van der Waals surface area contributed by atoms with Crippen LogP contribution in [0.15, 0.2) is 0 Å². The molecule has 0 rings (SSSR count). The Hall–Kier alpha value is -0.570. The van der Waals surface area contributed by atoms with Gasteiger partial charge in [-0.15, -0.1) is 0 Å². The average molecular weight is 201 g/mol. The van der Waals surface area contributed by atoms with Crippen LogP contribution in [0.5, 0.6) is 0 Å². The van der Waals surface area contributed by atoms with E-state index in [1.807, 2.05) is 13.8 Å². The summed E-state index contributed by atoms with van der Waals surface area (Å²) in [6, 6.07) is -0.390. The van der Waals surface area contributed by atoms with Crippen LogP contribution in [0.1, 0.15) is 40.5 Å². The second-order valence-corrected chi connectivity index (χ2v) is 4.34. The van der Waals surface area contributed by atoms with Gasteiger partial charge in [-0.3, -0.25) is 4.79 Å². The van der Waals surface area contributed by atoms with Crippen molar-refractivity contribution in [1.29, 1.82) is 0 Å². The smallest absolute Gasteiger partial charge is 0.320 e. The monoisotopic (exact) mass is 201 g/mol. The first-order valence-corrected chi connectivity index (χ1v) is 5.45. The third-order valence-electron chi connectivity index (χ3n) is 2.56. The molecule has 0 spiro atoms. The molecule has 0 amide bonds. The number of carboxylic acids is 1. The van der Waals surface area contributed by atoms with Gasteiger partial charge in [0.05, 0.1) is 0 Å². The van der Waals surface area contributed by atoms with Crippen LogP contribution in [0.25, 0.3) is 0 Å². The van der Waals surface area contributed by atoms with Crippen LogP contribution in [0, 0.1) is 11.8 Å². The molecule has 0 aliphatic carbocycles. The Balaban J connectivity index is 3.92. The summed E-state index contributed by atoms with van der Waals surface area (Å²) < 4.78 is 0. The van der Waals surface area contributed by atoms with E-state index in [0.29, 0.717) is 5.92 Å². The quantitative estimate of drug-likeness (QED) is 0.663. The summed E-state index contributed by atoms with van der Waals surface area (Å²) in [5.41, 5.74) is 0. The second-order valence-electron chi connectivity index (χ2n) is 4.34. The summed E-state index contributed by atoms with van der Waals surface area (Å²) in [7, 11) is 0. The van der Waals surface area contributed by atoms with Crippen LogP contribution in [0.3, 0.4) is 0 Å². The summed E-state index contributed by atoms with van der Waals surface area (Å²) in [6.07, 6.45) is 1.92. The van der Waals surface area contributed by atoms with E-state index in [9.17, 15) is 4.79 Å². The van der Waals surface area contributed by atoms with Crippen LogP contribution in [-0.4, -0.2) is 23.7 Å². The van der Waals surface area contributed by atoms with E-state index in [2.05, 4.69) is 19.2 Å². The summed E-state index contributed by atoms with van der Waals surface area (Å²) in [5, 5.41) is 12.1. The Morgan fingerprint density at radius 3 is 2.29 bits per heavy atom. The lowest BCUT2D eigenvalue weighted by Gasteiger charge is -2.20. The number of hydrogen-bond donors (Lipinski definition) is 2. The average Bonchev–Trinajstić information content (AvgIpc) is 2.10. The first-order valence-electron chi connectivity index (χ1n) is 5.45. The van der Waals surface area contributed by atoms with Crippen LogP contribution >= 0.6 is 0 Å². The molecule has 0 unspecified atom stereocenters. The molecule has 14 heavy (non-hydrogen) atoms. The highest BCUT2D eigenvalue weighted by atomic mass is 16.4. The van der Waals surface area contributed by atoms with E-state index in [4.69, 9.17) is 5.11 Å². The Morgan fingerprint density at radius 1 is 1.36 bits per heavy atom. The summed E-state index contributed by atoms with van der Waals surface area (Å²) in [5.74, 6) is 0.0802. The molecule has 0 aromatic rings. The van der Waals surface area contributed by atoms with Gasteiger partial charge in [0.1, 0.15) is 6.04 Å². The number of aliphatic carboxylic acids is 1. The topological polar surface area (TPSA) is 49.3 Å². The van der Waals surface area contributed by atoms with Gasteiger partial charge in [-0.2, -0.15) is 0 Å². The molecule has 0 aromatic heterocycles. The van der Waals surface area contributed by atoms with Crippen LogP contribution in [0.4, 0.5) is 0 Å². The van der Waals surface area contributed by atoms with Crippen molar-refractivity contribution in [2.75, 3.05) is 6.54 Å². The number of carboxylic acid groups (broad SMARTS) is 1. The van der Waals surface area contributed by atoms with Crippen LogP contribution in [-0.2, 0) is 4.79 Å². The Morgan fingerprint density at radius 2 is 1.93 bits per heavy atom. The highest BCUT2D eigenvalue weighted by Crippen LogP contribution is 2.08. The van der Waals surface area contributed by atoms with E-state index in [0.717, 1.165) is 19.4 Å². The molecular weight excluding hydrogens is 178 g/mol. The predicted octanol–water partition coefficient (Wildman–Crippen LogP) is 2.12. The van der Waals surface area contributed by atoms with E-state index >= 15 is 0 Å². The van der Waals surface area contributed by atoms with E-state index < -0.39 is 12.0 Å². The SMILES string of the molecule is CC[C@H](C)[C@H](NCCC(C)C)C(=O)O. The highest BCUT2D eigenvalue weighted by molar-refractivity contribution is 5.73. The minimum atomic E-state index is -0.733. The van der Waals surface area contributed by atoms with Crippen molar-refractivity contribution in [2.24, 2.45) is 11.8 Å². The molecule has 2 N–H and O–H groups in total. The van der Waals surface area contributed by atoms with Crippen LogP contribution in [0.2, 0.25) is 0 Å². The number of hydrogen-bond acceptors (Lipinski definition) is 2. The lowest BCUT2D eigenvalue weighted by molar-refractivity contribution is -0.140. The zero-order valence-electron chi connectivity index (χ0n) is 9.71. The van der Waals surface area contributed by atoms with Crippen molar-refractivity contribution in [2.45, 2.75) is 46.6 Å². The fourth-order valence-corrected chi connectivity index (χ4v) is 1.30. The molecule has 3 nitrogen and oxygen atoms in total. The molecule has 3 heteroatoms. The second kappa shape index (κ2) is 6.82. The minimum absolute atomic E-state index is 0.194. The van der Waals surface area contributed by atoms with Gasteiger partial charge in [0.2, 0.25) is 0 Å². The van der Waals surface area contributed by atoms with E-state index in [-0.39, 0.29) is 5.92 Å². The minimum Gasteiger partial charge on any atom is -0.480 e. The number of carbonyl (C=O) groups is 1. The zero-order chi connectivity index (χ0) is 11.1. The van der Waals surface area contributed by atoms with Gasteiger partial charge in [0.15, 0.2) is 0 Å². The van der Waals surface area contributed by atoms with Gasteiger partial charge in [-0.05, 0) is 24.8 Å². The standard InChI is InChI=1S/C11H23NO2/c1-5-9(4)10(11(13)14)12-7-6-8(2)3/h8-10,12H,5-7H2,1-4H3,(H,13,14)/t9-,10-/m0/s1. The van der Waals surface area contributed by atoms with Gasteiger partial charge >= 0.3 is 5.97 Å². The molecule has 2 atom stereocenters. The Bertz CT molecular complexity index is 169. The van der Waals surface area contributed by atoms with Crippen LogP contribution < -0.4 is 5.32 Å². The molecular formula is C11H23NO2. The molecule has 0 heterocycles. The van der Waals surface area contributed by atoms with Crippen molar-refractivity contribution in [3.05, 3.63) is 0 Å². The molecule has 0 saturated heterocycles. The summed E-state index contributed by atoms with van der Waals surface area (Å²) in [6.45, 7) is 9.06. The van der Waals surface area contributed by atoms with Gasteiger partial charge in [-0.25, -0.2) is 0 Å². The van der Waals surface area contributed by atoms with Crippen molar-refractivity contribution in [3.63, 3.8) is 0 Å². The van der Waals surface area contributed by atoms with E-state index in [1.54, 1.807) is 0 Å². The Labute approximate surface area is 86.9 Å². The maximum atomic E-state index is 10.9. The lowest BCUT2D eigenvalue weighted by atomic mass is 9.99. The first kappa shape index (κ1) is 13.4. The molecule has 0 bridgehead atoms. The lowest BCUT2D eigenvalue weighted by Crippen LogP contribution is -2.42. The largest absolute Gasteiger partial charge is 0.480 e. The maximum Gasteiger partial charge on any atom is 0.320 e. The van der Waals surface area contributed by atoms with Gasteiger partial charge in [-0.1, -0.05) is 34.1 Å². The van der Waals surface area contributed by atoms with Gasteiger partial charge in [0, 0.05) is 0 Å². The summed E-state index contributed by atoms with van der Waals surface area (Å²) >= 11 is 0. The molecule has 84 valence electrons. The van der Waals surface area contributed by atoms with Crippen molar-refractivity contribution in [3.8, 4) is 0 Å². The van der Waals surface area contributed by atoms with Crippen molar-refractivity contribution in [1.82, 2.24) is 5.32 Å². The third-order valence-corrected chi connectivity index (χ3v) is 2.56. The number of nitrogens with one attached hydrogen (secondary N) is 1. The highest BCUT2D eigenvalue weighted by Gasteiger charge is 2.22. The fraction of sp³-hybridized carbons (Fsp3) is 0.909. The maximum absolute atomic E-state index is 10.9. The third kappa shape index (κ3) is 5.22. The normalized spacial score (nSPS) is 15.5. The fourth-order valence-electron chi connectivity index (χ4n) is 1.30.